The van der Waals surface area contributed by atoms with Crippen LogP contribution in [0.25, 0.3) is 0 Å². The van der Waals surface area contributed by atoms with Gasteiger partial charge in [-0.15, -0.1) is 0 Å². The number of rotatable bonds is 9. The second kappa shape index (κ2) is 10.2. The summed E-state index contributed by atoms with van der Waals surface area (Å²) in [6.07, 6.45) is 4.40. The predicted molar refractivity (Wildman–Crippen MR) is 119 cm³/mol. The number of thioether (sulfide) groups is 1. The van der Waals surface area contributed by atoms with E-state index in [0.717, 1.165) is 18.9 Å². The topological polar surface area (TPSA) is 49.4 Å². The SMILES string of the molecule is CC(C)SC(=O)[C@H](CC1CC1)NC(=O)C[C@@H]1CCC(=S)N1Cc1cccc(F)c1F. The van der Waals surface area contributed by atoms with Crippen LogP contribution in [0.3, 0.4) is 0 Å². The van der Waals surface area contributed by atoms with Crippen molar-refractivity contribution in [3.8, 4) is 0 Å². The van der Waals surface area contributed by atoms with Gasteiger partial charge in [-0.3, -0.25) is 9.59 Å². The van der Waals surface area contributed by atoms with Gasteiger partial charge in [-0.25, -0.2) is 8.78 Å². The number of thiocarbonyl (C=S) groups is 1. The molecule has 0 aromatic heterocycles. The van der Waals surface area contributed by atoms with Crippen LogP contribution in [0.5, 0.6) is 0 Å². The van der Waals surface area contributed by atoms with Crippen LogP contribution in [0.2, 0.25) is 0 Å². The molecule has 0 spiro atoms. The first-order valence-corrected chi connectivity index (χ1v) is 11.8. The van der Waals surface area contributed by atoms with Crippen LogP contribution in [-0.2, 0) is 16.1 Å². The summed E-state index contributed by atoms with van der Waals surface area (Å²) in [4.78, 5) is 27.8. The highest BCUT2D eigenvalue weighted by Crippen LogP contribution is 2.35. The number of benzene rings is 1. The molecule has 164 valence electrons. The maximum absolute atomic E-state index is 14.1. The molecule has 1 aliphatic carbocycles. The molecule has 0 bridgehead atoms. The average Bonchev–Trinajstić information content (AvgIpc) is 3.43. The number of nitrogens with zero attached hydrogens (tertiary/aromatic N) is 1. The lowest BCUT2D eigenvalue weighted by Gasteiger charge is -2.27. The molecule has 3 rings (SSSR count). The Morgan fingerprint density at radius 2 is 2.00 bits per heavy atom. The molecule has 1 aliphatic heterocycles. The Bertz CT molecular complexity index is 814. The van der Waals surface area contributed by atoms with Crippen molar-refractivity contribution in [1.29, 1.82) is 0 Å². The number of hydrogen-bond donors (Lipinski definition) is 1. The van der Waals surface area contributed by atoms with Crippen molar-refractivity contribution in [2.24, 2.45) is 5.92 Å². The molecule has 1 heterocycles. The van der Waals surface area contributed by atoms with Crippen LogP contribution in [0.4, 0.5) is 8.78 Å². The standard InChI is InChI=1S/C22H28F2N2O2S2/c1-13(2)30-22(28)18(10-14-6-7-14)25-19(27)11-16-8-9-20(29)26(16)12-15-4-3-5-17(23)21(15)24/h3-5,13-14,16,18H,6-12H2,1-2H3,(H,25,27)/t16-,18-/m0/s1. The number of nitrogens with one attached hydrogen (secondary N) is 1. The van der Waals surface area contributed by atoms with Gasteiger partial charge in [-0.2, -0.15) is 0 Å². The monoisotopic (exact) mass is 454 g/mol. The lowest BCUT2D eigenvalue weighted by molar-refractivity contribution is -0.125. The van der Waals surface area contributed by atoms with Crippen molar-refractivity contribution in [3.05, 3.63) is 35.4 Å². The maximum atomic E-state index is 14.1. The lowest BCUT2D eigenvalue weighted by Crippen LogP contribution is -2.43. The Balaban J connectivity index is 1.62. The summed E-state index contributed by atoms with van der Waals surface area (Å²) in [5.74, 6) is -1.46. The van der Waals surface area contributed by atoms with Gasteiger partial charge in [0.25, 0.3) is 0 Å². The van der Waals surface area contributed by atoms with Gasteiger partial charge in [0.1, 0.15) is 0 Å². The first-order valence-electron chi connectivity index (χ1n) is 10.5. The maximum Gasteiger partial charge on any atom is 0.222 e. The summed E-state index contributed by atoms with van der Waals surface area (Å²) in [5, 5.41) is 3.10. The van der Waals surface area contributed by atoms with Crippen LogP contribution < -0.4 is 5.32 Å². The summed E-state index contributed by atoms with van der Waals surface area (Å²) in [5.41, 5.74) is 0.222. The van der Waals surface area contributed by atoms with Gasteiger partial charge in [0, 0.05) is 29.8 Å². The van der Waals surface area contributed by atoms with E-state index in [2.05, 4.69) is 5.32 Å². The molecule has 2 fully saturated rings. The van der Waals surface area contributed by atoms with Crippen LogP contribution in [0.15, 0.2) is 18.2 Å². The average molecular weight is 455 g/mol. The highest BCUT2D eigenvalue weighted by atomic mass is 32.2. The van der Waals surface area contributed by atoms with E-state index in [1.807, 2.05) is 18.7 Å². The highest BCUT2D eigenvalue weighted by molar-refractivity contribution is 8.14. The zero-order valence-corrected chi connectivity index (χ0v) is 19.0. The quantitative estimate of drug-likeness (QED) is 0.553. The fourth-order valence-corrected chi connectivity index (χ4v) is 4.87. The molecule has 2 aliphatic rings. The summed E-state index contributed by atoms with van der Waals surface area (Å²) >= 11 is 6.67. The molecule has 0 radical (unpaired) electrons. The van der Waals surface area contributed by atoms with Gasteiger partial charge >= 0.3 is 0 Å². The normalized spacial score (nSPS) is 20.0. The number of likely N-dealkylation sites (tertiary alicyclic amines) is 1. The van der Waals surface area contributed by atoms with Crippen molar-refractivity contribution in [3.63, 3.8) is 0 Å². The van der Waals surface area contributed by atoms with E-state index in [9.17, 15) is 18.4 Å². The minimum absolute atomic E-state index is 0.00545. The number of hydrogen-bond acceptors (Lipinski definition) is 4. The zero-order chi connectivity index (χ0) is 21.8. The molecule has 2 atom stereocenters. The fraction of sp³-hybridized carbons (Fsp3) is 0.591. The van der Waals surface area contributed by atoms with Crippen LogP contribution in [0, 0.1) is 17.6 Å². The van der Waals surface area contributed by atoms with Gasteiger partial charge in [0.15, 0.2) is 11.6 Å². The number of carbonyl (C=O) groups is 2. The Morgan fingerprint density at radius 3 is 2.67 bits per heavy atom. The fourth-order valence-electron chi connectivity index (χ4n) is 3.76. The lowest BCUT2D eigenvalue weighted by atomic mass is 10.1. The first-order chi connectivity index (χ1) is 14.2. The van der Waals surface area contributed by atoms with E-state index in [1.165, 1.54) is 23.9 Å². The molecule has 0 unspecified atom stereocenters. The number of carbonyl (C=O) groups excluding carboxylic acids is 2. The minimum atomic E-state index is -0.893. The molecule has 30 heavy (non-hydrogen) atoms. The Kier molecular flexibility index (Phi) is 7.85. The number of halogens is 2. The van der Waals surface area contributed by atoms with Crippen LogP contribution in [-0.4, -0.2) is 38.2 Å². The summed E-state index contributed by atoms with van der Waals surface area (Å²) < 4.78 is 27.7. The zero-order valence-electron chi connectivity index (χ0n) is 17.3. The predicted octanol–water partition coefficient (Wildman–Crippen LogP) is 4.60. The van der Waals surface area contributed by atoms with E-state index in [4.69, 9.17) is 12.2 Å². The van der Waals surface area contributed by atoms with Crippen molar-refractivity contribution in [2.45, 2.75) is 76.3 Å². The van der Waals surface area contributed by atoms with Gasteiger partial charge in [0.2, 0.25) is 11.0 Å². The van der Waals surface area contributed by atoms with Crippen LogP contribution in [0.1, 0.15) is 57.9 Å². The molecule has 1 saturated carbocycles. The Labute approximate surface area is 186 Å². The van der Waals surface area contributed by atoms with Gasteiger partial charge in [-0.1, -0.05) is 62.8 Å². The molecule has 1 N–H and O–H groups in total. The minimum Gasteiger partial charge on any atom is -0.358 e. The third-order valence-electron chi connectivity index (χ3n) is 5.48. The highest BCUT2D eigenvalue weighted by Gasteiger charge is 2.34. The molecule has 1 saturated heterocycles. The summed E-state index contributed by atoms with van der Waals surface area (Å²) in [6.45, 7) is 4.05. The molecule has 1 aromatic carbocycles. The Morgan fingerprint density at radius 1 is 1.27 bits per heavy atom. The van der Waals surface area contributed by atoms with Crippen LogP contribution >= 0.6 is 24.0 Å². The van der Waals surface area contributed by atoms with E-state index in [1.54, 1.807) is 0 Å². The van der Waals surface area contributed by atoms with Gasteiger partial charge in [0.05, 0.1) is 11.0 Å². The van der Waals surface area contributed by atoms with Gasteiger partial charge in [-0.05, 0) is 31.2 Å². The van der Waals surface area contributed by atoms with E-state index < -0.39 is 17.7 Å². The van der Waals surface area contributed by atoms with E-state index in [-0.39, 0.29) is 40.8 Å². The summed E-state index contributed by atoms with van der Waals surface area (Å²) in [7, 11) is 0. The molecular weight excluding hydrogens is 426 g/mol. The first kappa shape index (κ1) is 23.1. The molecule has 4 nitrogen and oxygen atoms in total. The van der Waals surface area contributed by atoms with E-state index >= 15 is 0 Å². The van der Waals surface area contributed by atoms with Crippen molar-refractivity contribution >= 4 is 40.0 Å². The molecular formula is C22H28F2N2O2S2. The largest absolute Gasteiger partial charge is 0.358 e. The third-order valence-corrected chi connectivity index (χ3v) is 6.91. The van der Waals surface area contributed by atoms with Crippen molar-refractivity contribution < 1.29 is 18.4 Å². The number of amides is 1. The van der Waals surface area contributed by atoms with Gasteiger partial charge < -0.3 is 10.2 Å². The van der Waals surface area contributed by atoms with Crippen molar-refractivity contribution in [2.75, 3.05) is 0 Å². The van der Waals surface area contributed by atoms with Crippen molar-refractivity contribution in [1.82, 2.24) is 10.2 Å². The smallest absolute Gasteiger partial charge is 0.222 e. The second-order valence-corrected chi connectivity index (χ2v) is 10.5. The molecule has 1 amide bonds. The third kappa shape index (κ3) is 6.23. The molecule has 1 aromatic rings. The second-order valence-electron chi connectivity index (χ2n) is 8.42. The van der Waals surface area contributed by atoms with E-state index in [0.29, 0.717) is 30.2 Å². The molecule has 8 heteroatoms. The Hall–Kier alpha value is -1.54. The summed E-state index contributed by atoms with van der Waals surface area (Å²) in [6, 6.07) is 3.42.